The van der Waals surface area contributed by atoms with Crippen LogP contribution in [0, 0.1) is 11.3 Å². The highest BCUT2D eigenvalue weighted by Gasteiger charge is 2.18. The number of hydrogen-bond acceptors (Lipinski definition) is 7. The van der Waals surface area contributed by atoms with Crippen molar-refractivity contribution >= 4 is 16.0 Å². The maximum atomic E-state index is 12.4. The van der Waals surface area contributed by atoms with Crippen LogP contribution >= 0.6 is 0 Å². The van der Waals surface area contributed by atoms with Gasteiger partial charge in [-0.1, -0.05) is 18.6 Å². The van der Waals surface area contributed by atoms with Gasteiger partial charge in [0.2, 0.25) is 10.0 Å². The van der Waals surface area contributed by atoms with E-state index < -0.39 is 10.0 Å². The average molecular weight is 445 g/mol. The van der Waals surface area contributed by atoms with E-state index in [2.05, 4.69) is 4.72 Å². The summed E-state index contributed by atoms with van der Waals surface area (Å²) in [6, 6.07) is 13.5. The van der Waals surface area contributed by atoms with Gasteiger partial charge in [-0.3, -0.25) is 4.79 Å². The van der Waals surface area contributed by atoms with Crippen LogP contribution in [0.3, 0.4) is 0 Å². The third-order valence-electron chi connectivity index (χ3n) is 4.63. The Kier molecular flexibility index (Phi) is 7.87. The first-order valence-electron chi connectivity index (χ1n) is 10.0. The van der Waals surface area contributed by atoms with Crippen LogP contribution in [0.2, 0.25) is 0 Å². The molecule has 2 aromatic carbocycles. The number of sulfonamides is 1. The summed E-state index contributed by atoms with van der Waals surface area (Å²) in [6.07, 6.45) is 2.14. The van der Waals surface area contributed by atoms with Gasteiger partial charge in [0.05, 0.1) is 16.5 Å². The van der Waals surface area contributed by atoms with Gasteiger partial charge in [0.15, 0.2) is 11.5 Å². The Morgan fingerprint density at radius 3 is 2.68 bits per heavy atom. The highest BCUT2D eigenvalue weighted by atomic mass is 32.2. The largest absolute Gasteiger partial charge is 0.486 e. The fourth-order valence-electron chi connectivity index (χ4n) is 3.02. The monoisotopic (exact) mass is 444 g/mol. The average Bonchev–Trinajstić information content (AvgIpc) is 2.79. The summed E-state index contributed by atoms with van der Waals surface area (Å²) in [7, 11) is -3.64. The molecular weight excluding hydrogens is 420 g/mol. The molecule has 0 saturated heterocycles. The van der Waals surface area contributed by atoms with Gasteiger partial charge in [-0.25, -0.2) is 13.1 Å². The van der Waals surface area contributed by atoms with E-state index in [9.17, 15) is 13.2 Å². The zero-order valence-corrected chi connectivity index (χ0v) is 17.8. The smallest absolute Gasteiger partial charge is 0.306 e. The minimum atomic E-state index is -3.64. The fourth-order valence-corrected chi connectivity index (χ4v) is 4.11. The summed E-state index contributed by atoms with van der Waals surface area (Å²) in [5.74, 6) is 0.640. The first-order chi connectivity index (χ1) is 15.0. The molecule has 0 spiro atoms. The molecule has 0 unspecified atom stereocenters. The number of carbonyl (C=O) groups excluding carboxylic acids is 1. The molecule has 2 aromatic rings. The van der Waals surface area contributed by atoms with E-state index >= 15 is 0 Å². The summed E-state index contributed by atoms with van der Waals surface area (Å²) < 4.78 is 43.4. The van der Waals surface area contributed by atoms with Gasteiger partial charge in [0.1, 0.15) is 19.8 Å². The van der Waals surface area contributed by atoms with E-state index in [1.54, 1.807) is 30.3 Å². The number of nitrogens with zero attached hydrogens (tertiary/aromatic N) is 1. The van der Waals surface area contributed by atoms with Gasteiger partial charge in [-0.05, 0) is 42.7 Å². The molecule has 164 valence electrons. The highest BCUT2D eigenvalue weighted by Crippen LogP contribution is 2.32. The van der Waals surface area contributed by atoms with Crippen molar-refractivity contribution in [1.29, 1.82) is 5.26 Å². The molecule has 0 amide bonds. The zero-order valence-electron chi connectivity index (χ0n) is 17.0. The van der Waals surface area contributed by atoms with Gasteiger partial charge in [-0.15, -0.1) is 0 Å². The second-order valence-corrected chi connectivity index (χ2v) is 8.75. The minimum Gasteiger partial charge on any atom is -0.486 e. The topological polar surface area (TPSA) is 115 Å². The van der Waals surface area contributed by atoms with Crippen LogP contribution in [0.4, 0.5) is 0 Å². The molecular formula is C22H24N2O6S. The van der Waals surface area contributed by atoms with Crippen molar-refractivity contribution in [3.05, 3.63) is 53.6 Å². The number of fused-ring (bicyclic) bond motifs is 1. The highest BCUT2D eigenvalue weighted by molar-refractivity contribution is 7.89. The molecule has 0 bridgehead atoms. The van der Waals surface area contributed by atoms with E-state index in [1.807, 2.05) is 6.07 Å². The normalized spacial score (nSPS) is 12.7. The van der Waals surface area contributed by atoms with Crippen LogP contribution in [-0.2, 0) is 26.2 Å². The predicted octanol–water partition coefficient (Wildman–Crippen LogP) is 2.91. The van der Waals surface area contributed by atoms with Gasteiger partial charge >= 0.3 is 5.97 Å². The number of carbonyl (C=O) groups is 1. The van der Waals surface area contributed by atoms with Gasteiger partial charge in [-0.2, -0.15) is 5.26 Å². The van der Waals surface area contributed by atoms with Crippen molar-refractivity contribution in [3.8, 4) is 17.6 Å². The summed E-state index contributed by atoms with van der Waals surface area (Å²) in [5.41, 5.74) is 1.29. The quantitative estimate of drug-likeness (QED) is 0.443. The minimum absolute atomic E-state index is 0.126. The van der Waals surface area contributed by atoms with Crippen LogP contribution in [0.25, 0.3) is 0 Å². The number of rotatable bonds is 10. The molecule has 0 radical (unpaired) electrons. The van der Waals surface area contributed by atoms with Crippen LogP contribution in [0.1, 0.15) is 36.8 Å². The Bertz CT molecular complexity index is 1060. The van der Waals surface area contributed by atoms with Crippen LogP contribution in [0.5, 0.6) is 11.5 Å². The lowest BCUT2D eigenvalue weighted by molar-refractivity contribution is -0.145. The molecule has 0 fully saturated rings. The summed E-state index contributed by atoms with van der Waals surface area (Å²) in [4.78, 5) is 12.0. The lowest BCUT2D eigenvalue weighted by Crippen LogP contribution is -2.25. The lowest BCUT2D eigenvalue weighted by Gasteiger charge is -2.18. The second kappa shape index (κ2) is 10.8. The number of nitrogens with one attached hydrogen (secondary N) is 1. The Morgan fingerprint density at radius 2 is 1.87 bits per heavy atom. The standard InChI is InChI=1S/C22H24N2O6S/c23-15-17-5-4-6-18(13-17)16-30-22(25)7-2-1-3-10-24-31(26,27)19-8-9-20-21(14-19)29-12-11-28-20/h4-6,8-9,13-14,24H,1-3,7,10-12,16H2. The van der Waals surface area contributed by atoms with E-state index in [0.29, 0.717) is 49.5 Å². The molecule has 0 aliphatic carbocycles. The molecule has 3 rings (SSSR count). The number of ether oxygens (including phenoxy) is 3. The van der Waals surface area contributed by atoms with Gasteiger partial charge < -0.3 is 14.2 Å². The van der Waals surface area contributed by atoms with Gasteiger partial charge in [0, 0.05) is 19.0 Å². The third kappa shape index (κ3) is 6.70. The molecule has 8 nitrogen and oxygen atoms in total. The van der Waals surface area contributed by atoms with Crippen LogP contribution < -0.4 is 14.2 Å². The third-order valence-corrected chi connectivity index (χ3v) is 6.09. The van der Waals surface area contributed by atoms with E-state index in [0.717, 1.165) is 5.56 Å². The van der Waals surface area contributed by atoms with Crippen LogP contribution in [-0.4, -0.2) is 34.1 Å². The second-order valence-electron chi connectivity index (χ2n) is 6.99. The maximum Gasteiger partial charge on any atom is 0.306 e. The molecule has 1 N–H and O–H groups in total. The Balaban J connectivity index is 1.33. The van der Waals surface area contributed by atoms with E-state index in [4.69, 9.17) is 19.5 Å². The van der Waals surface area contributed by atoms with Crippen molar-refractivity contribution in [2.75, 3.05) is 19.8 Å². The van der Waals surface area contributed by atoms with Gasteiger partial charge in [0.25, 0.3) is 0 Å². The SMILES string of the molecule is N#Cc1cccc(COC(=O)CCCCCNS(=O)(=O)c2ccc3c(c2)OCCO3)c1. The van der Waals surface area contributed by atoms with Crippen molar-refractivity contribution < 1.29 is 27.4 Å². The molecule has 0 aromatic heterocycles. The Labute approximate surface area is 181 Å². The van der Waals surface area contributed by atoms with Crippen molar-refractivity contribution in [1.82, 2.24) is 4.72 Å². The predicted molar refractivity (Wildman–Crippen MR) is 112 cm³/mol. The summed E-state index contributed by atoms with van der Waals surface area (Å²) in [5, 5.41) is 8.88. The summed E-state index contributed by atoms with van der Waals surface area (Å²) in [6.45, 7) is 1.23. The Morgan fingerprint density at radius 1 is 1.06 bits per heavy atom. The van der Waals surface area contributed by atoms with Crippen molar-refractivity contribution in [2.45, 2.75) is 37.2 Å². The fraction of sp³-hybridized carbons (Fsp3) is 0.364. The van der Waals surface area contributed by atoms with Crippen LogP contribution in [0.15, 0.2) is 47.4 Å². The van der Waals surface area contributed by atoms with Crippen molar-refractivity contribution in [3.63, 3.8) is 0 Å². The molecule has 1 heterocycles. The Hall–Kier alpha value is -3.09. The number of unbranched alkanes of at least 4 members (excludes halogenated alkanes) is 2. The lowest BCUT2D eigenvalue weighted by atomic mass is 10.1. The maximum absolute atomic E-state index is 12.4. The molecule has 1 aliphatic rings. The molecule has 0 saturated carbocycles. The van der Waals surface area contributed by atoms with Crippen molar-refractivity contribution in [2.24, 2.45) is 0 Å². The number of esters is 1. The number of benzene rings is 2. The first kappa shape index (κ1) is 22.6. The van der Waals surface area contributed by atoms with E-state index in [-0.39, 0.29) is 30.4 Å². The zero-order chi connectivity index (χ0) is 22.1. The number of nitriles is 1. The van der Waals surface area contributed by atoms with E-state index in [1.165, 1.54) is 12.1 Å². The summed E-state index contributed by atoms with van der Waals surface area (Å²) >= 11 is 0. The number of hydrogen-bond donors (Lipinski definition) is 1. The first-order valence-corrected chi connectivity index (χ1v) is 11.5. The molecule has 31 heavy (non-hydrogen) atoms. The molecule has 9 heteroatoms. The molecule has 0 atom stereocenters. The molecule has 1 aliphatic heterocycles.